The van der Waals surface area contributed by atoms with Crippen molar-refractivity contribution in [1.82, 2.24) is 14.8 Å². The van der Waals surface area contributed by atoms with Crippen LogP contribution in [0.2, 0.25) is 5.02 Å². The van der Waals surface area contributed by atoms with E-state index in [1.54, 1.807) is 11.0 Å². The fourth-order valence-corrected chi connectivity index (χ4v) is 1.48. The van der Waals surface area contributed by atoms with Crippen LogP contribution in [0.15, 0.2) is 24.5 Å². The summed E-state index contributed by atoms with van der Waals surface area (Å²) in [4.78, 5) is 4.07. The Hall–Kier alpha value is -1.35. The summed E-state index contributed by atoms with van der Waals surface area (Å²) < 4.78 is 1.73. The van der Waals surface area contributed by atoms with Gasteiger partial charge in [0.25, 0.3) is 0 Å². The van der Waals surface area contributed by atoms with Crippen LogP contribution in [0, 0.1) is 13.8 Å². The van der Waals surface area contributed by atoms with Gasteiger partial charge in [-0.25, -0.2) is 9.67 Å². The highest BCUT2D eigenvalue weighted by atomic mass is 35.5. The van der Waals surface area contributed by atoms with Gasteiger partial charge in [-0.1, -0.05) is 17.7 Å². The van der Waals surface area contributed by atoms with Crippen LogP contribution in [-0.2, 0) is 0 Å². The molecule has 0 spiro atoms. The van der Waals surface area contributed by atoms with E-state index in [4.69, 9.17) is 11.6 Å². The molecule has 14 heavy (non-hydrogen) atoms. The van der Waals surface area contributed by atoms with E-state index in [2.05, 4.69) is 10.1 Å². The molecule has 0 aliphatic carbocycles. The van der Waals surface area contributed by atoms with Crippen molar-refractivity contribution >= 4 is 11.6 Å². The van der Waals surface area contributed by atoms with Crippen molar-refractivity contribution in [3.05, 3.63) is 40.9 Å². The molecule has 3 nitrogen and oxygen atoms in total. The van der Waals surface area contributed by atoms with Gasteiger partial charge in [0.1, 0.15) is 12.2 Å². The van der Waals surface area contributed by atoms with Crippen molar-refractivity contribution in [1.29, 1.82) is 0 Å². The molecule has 1 heterocycles. The molecule has 0 radical (unpaired) electrons. The Morgan fingerprint density at radius 1 is 1.29 bits per heavy atom. The van der Waals surface area contributed by atoms with Gasteiger partial charge in [0, 0.05) is 5.02 Å². The molecule has 72 valence electrons. The Bertz CT molecular complexity index is 462. The Balaban J connectivity index is 2.57. The Labute approximate surface area is 87.3 Å². The number of benzene rings is 1. The van der Waals surface area contributed by atoms with Gasteiger partial charge in [-0.15, -0.1) is 0 Å². The van der Waals surface area contributed by atoms with Gasteiger partial charge in [0.2, 0.25) is 0 Å². The Morgan fingerprint density at radius 2 is 2.07 bits per heavy atom. The highest BCUT2D eigenvalue weighted by Crippen LogP contribution is 2.21. The van der Waals surface area contributed by atoms with Crippen molar-refractivity contribution in [3.8, 4) is 5.69 Å². The van der Waals surface area contributed by atoms with Gasteiger partial charge in [-0.3, -0.25) is 0 Å². The minimum Gasteiger partial charge on any atom is -0.220 e. The molecule has 0 atom stereocenters. The third-order valence-electron chi connectivity index (χ3n) is 2.09. The fraction of sp³-hybridized carbons (Fsp3) is 0.200. The molecule has 0 saturated carbocycles. The number of hydrogen-bond donors (Lipinski definition) is 0. The first kappa shape index (κ1) is 9.21. The second kappa shape index (κ2) is 3.42. The molecule has 1 aromatic carbocycles. The Morgan fingerprint density at radius 3 is 2.71 bits per heavy atom. The molecule has 0 bridgehead atoms. The van der Waals surface area contributed by atoms with Crippen LogP contribution < -0.4 is 0 Å². The maximum atomic E-state index is 6.01. The largest absolute Gasteiger partial charge is 0.220 e. The van der Waals surface area contributed by atoms with Crippen LogP contribution in [0.1, 0.15) is 11.4 Å². The van der Waals surface area contributed by atoms with E-state index in [0.717, 1.165) is 22.1 Å². The fourth-order valence-electron chi connectivity index (χ4n) is 1.31. The van der Waals surface area contributed by atoms with Crippen molar-refractivity contribution in [3.63, 3.8) is 0 Å². The molecule has 0 N–H and O–H groups in total. The minimum absolute atomic E-state index is 0.746. The lowest BCUT2D eigenvalue weighted by Crippen LogP contribution is -1.97. The smallest absolute Gasteiger partial charge is 0.147 e. The SMILES string of the molecule is Cc1ncn(-c2cccc(Cl)c2C)n1. The quantitative estimate of drug-likeness (QED) is 0.720. The normalized spacial score (nSPS) is 10.5. The zero-order valence-corrected chi connectivity index (χ0v) is 8.78. The summed E-state index contributed by atoms with van der Waals surface area (Å²) in [7, 11) is 0. The molecule has 2 rings (SSSR count). The van der Waals surface area contributed by atoms with Crippen LogP contribution in [0.4, 0.5) is 0 Å². The molecule has 0 fully saturated rings. The summed E-state index contributed by atoms with van der Waals surface area (Å²) in [6.07, 6.45) is 1.69. The predicted octanol–water partition coefficient (Wildman–Crippen LogP) is 2.54. The number of aromatic nitrogens is 3. The topological polar surface area (TPSA) is 30.7 Å². The molecule has 0 aliphatic heterocycles. The maximum absolute atomic E-state index is 6.01. The van der Waals surface area contributed by atoms with E-state index in [9.17, 15) is 0 Å². The van der Waals surface area contributed by atoms with Crippen LogP contribution in [0.3, 0.4) is 0 Å². The van der Waals surface area contributed by atoms with Crippen LogP contribution in [0.25, 0.3) is 5.69 Å². The lowest BCUT2D eigenvalue weighted by atomic mass is 10.2. The summed E-state index contributed by atoms with van der Waals surface area (Å²) in [6.45, 7) is 3.82. The van der Waals surface area contributed by atoms with Gasteiger partial charge in [0.15, 0.2) is 0 Å². The van der Waals surface area contributed by atoms with Gasteiger partial charge in [-0.05, 0) is 31.5 Å². The molecular formula is C10H10ClN3. The lowest BCUT2D eigenvalue weighted by molar-refractivity contribution is 0.856. The molecule has 1 aromatic heterocycles. The number of rotatable bonds is 1. The van der Waals surface area contributed by atoms with Crippen molar-refractivity contribution in [2.45, 2.75) is 13.8 Å². The molecule has 0 unspecified atom stereocenters. The highest BCUT2D eigenvalue weighted by molar-refractivity contribution is 6.31. The van der Waals surface area contributed by atoms with Gasteiger partial charge in [0.05, 0.1) is 5.69 Å². The molecule has 2 aromatic rings. The third-order valence-corrected chi connectivity index (χ3v) is 2.50. The monoisotopic (exact) mass is 207 g/mol. The zero-order valence-electron chi connectivity index (χ0n) is 8.03. The van der Waals surface area contributed by atoms with E-state index in [0.29, 0.717) is 0 Å². The molecular weight excluding hydrogens is 198 g/mol. The highest BCUT2D eigenvalue weighted by Gasteiger charge is 2.04. The van der Waals surface area contributed by atoms with Crippen molar-refractivity contribution < 1.29 is 0 Å². The van der Waals surface area contributed by atoms with Crippen LogP contribution >= 0.6 is 11.6 Å². The zero-order chi connectivity index (χ0) is 10.1. The van der Waals surface area contributed by atoms with Crippen molar-refractivity contribution in [2.75, 3.05) is 0 Å². The molecule has 0 amide bonds. The summed E-state index contributed by atoms with van der Waals surface area (Å²) in [5.74, 6) is 0.754. The first-order valence-electron chi connectivity index (χ1n) is 4.32. The Kier molecular flexibility index (Phi) is 2.25. The van der Waals surface area contributed by atoms with E-state index in [1.165, 1.54) is 0 Å². The summed E-state index contributed by atoms with van der Waals surface area (Å²) in [6, 6.07) is 5.74. The van der Waals surface area contributed by atoms with Gasteiger partial charge < -0.3 is 0 Å². The van der Waals surface area contributed by atoms with Crippen LogP contribution in [-0.4, -0.2) is 14.8 Å². The first-order valence-corrected chi connectivity index (χ1v) is 4.70. The molecule has 4 heteroatoms. The second-order valence-corrected chi connectivity index (χ2v) is 3.53. The first-order chi connectivity index (χ1) is 6.68. The average molecular weight is 208 g/mol. The summed E-state index contributed by atoms with van der Waals surface area (Å²) >= 11 is 6.01. The van der Waals surface area contributed by atoms with E-state index in [1.807, 2.05) is 32.0 Å². The third kappa shape index (κ3) is 1.51. The molecule has 0 aliphatic rings. The van der Waals surface area contributed by atoms with Crippen LogP contribution in [0.5, 0.6) is 0 Å². The number of hydrogen-bond acceptors (Lipinski definition) is 2. The maximum Gasteiger partial charge on any atom is 0.147 e. The minimum atomic E-state index is 0.746. The van der Waals surface area contributed by atoms with E-state index >= 15 is 0 Å². The lowest BCUT2D eigenvalue weighted by Gasteiger charge is -2.05. The second-order valence-electron chi connectivity index (χ2n) is 3.12. The van der Waals surface area contributed by atoms with Gasteiger partial charge in [-0.2, -0.15) is 5.10 Å². The van der Waals surface area contributed by atoms with E-state index in [-0.39, 0.29) is 0 Å². The molecule has 0 saturated heterocycles. The summed E-state index contributed by atoms with van der Waals surface area (Å²) in [5, 5.41) is 4.98. The number of nitrogens with zero attached hydrogens (tertiary/aromatic N) is 3. The number of halogens is 1. The predicted molar refractivity (Wildman–Crippen MR) is 55.8 cm³/mol. The standard InChI is InChI=1S/C10H10ClN3/c1-7-9(11)4-3-5-10(7)14-6-12-8(2)13-14/h3-6H,1-2H3. The van der Waals surface area contributed by atoms with Gasteiger partial charge >= 0.3 is 0 Å². The number of aryl methyl sites for hydroxylation is 1. The summed E-state index contributed by atoms with van der Waals surface area (Å²) in [5.41, 5.74) is 1.98. The average Bonchev–Trinajstić information content (AvgIpc) is 2.57. The van der Waals surface area contributed by atoms with E-state index < -0.39 is 0 Å². The van der Waals surface area contributed by atoms with Crippen molar-refractivity contribution in [2.24, 2.45) is 0 Å².